The van der Waals surface area contributed by atoms with Gasteiger partial charge in [-0.25, -0.2) is 9.97 Å². The molecular weight excluding hydrogens is 224 g/mol. The molecule has 0 aromatic carbocycles. The summed E-state index contributed by atoms with van der Waals surface area (Å²) in [4.78, 5) is 17.4. The van der Waals surface area contributed by atoms with Crippen LogP contribution >= 0.6 is 0 Å². The van der Waals surface area contributed by atoms with Crippen LogP contribution in [-0.2, 0) is 6.42 Å². The normalized spacial score (nSPS) is 10.7. The van der Waals surface area contributed by atoms with E-state index >= 15 is 0 Å². The Morgan fingerprint density at radius 1 is 0.944 bits per heavy atom. The average molecular weight is 236 g/mol. The van der Waals surface area contributed by atoms with Crippen molar-refractivity contribution in [2.24, 2.45) is 0 Å². The molecule has 3 aromatic rings. The van der Waals surface area contributed by atoms with Crippen LogP contribution in [0, 0.1) is 0 Å². The van der Waals surface area contributed by atoms with E-state index in [1.807, 2.05) is 30.5 Å². The van der Waals surface area contributed by atoms with E-state index in [2.05, 4.69) is 26.9 Å². The first-order chi connectivity index (χ1) is 8.88. The number of fused-ring (bicyclic) bond motifs is 1. The Balaban J connectivity index is 2.19. The Morgan fingerprint density at radius 2 is 1.83 bits per heavy atom. The average Bonchev–Trinajstić information content (AvgIpc) is 2.46. The minimum Gasteiger partial charge on any atom is -0.261 e. The molecular formula is C14H12N4. The van der Waals surface area contributed by atoms with Gasteiger partial charge in [0, 0.05) is 29.8 Å². The molecule has 0 saturated carbocycles. The van der Waals surface area contributed by atoms with Gasteiger partial charge in [-0.05, 0) is 30.7 Å². The van der Waals surface area contributed by atoms with E-state index < -0.39 is 0 Å². The Hall–Kier alpha value is -2.36. The van der Waals surface area contributed by atoms with Gasteiger partial charge in [0.1, 0.15) is 5.52 Å². The molecule has 0 aliphatic carbocycles. The molecule has 18 heavy (non-hydrogen) atoms. The Kier molecular flexibility index (Phi) is 2.68. The number of aromatic nitrogens is 4. The van der Waals surface area contributed by atoms with Crippen LogP contribution < -0.4 is 0 Å². The van der Waals surface area contributed by atoms with Gasteiger partial charge in [0.05, 0.1) is 5.69 Å². The number of hydrogen-bond donors (Lipinski definition) is 0. The van der Waals surface area contributed by atoms with E-state index in [1.165, 1.54) is 0 Å². The van der Waals surface area contributed by atoms with Crippen LogP contribution in [0.2, 0.25) is 0 Å². The van der Waals surface area contributed by atoms with E-state index in [-0.39, 0.29) is 0 Å². The lowest BCUT2D eigenvalue weighted by atomic mass is 10.1. The topological polar surface area (TPSA) is 51.6 Å². The standard InChI is InChI=1S/C14H12N4/c1-2-11-10(4-3-7-15-11)12-5-6-13-14(18-12)17-9-8-16-13/h3-9H,2H2,1H3. The summed E-state index contributed by atoms with van der Waals surface area (Å²) in [5.74, 6) is 0. The van der Waals surface area contributed by atoms with Crippen LogP contribution in [0.5, 0.6) is 0 Å². The van der Waals surface area contributed by atoms with Crippen LogP contribution in [0.1, 0.15) is 12.6 Å². The highest BCUT2D eigenvalue weighted by molar-refractivity contribution is 5.74. The van der Waals surface area contributed by atoms with Crippen molar-refractivity contribution < 1.29 is 0 Å². The molecule has 0 aliphatic rings. The lowest BCUT2D eigenvalue weighted by Gasteiger charge is -2.06. The first kappa shape index (κ1) is 10.8. The molecule has 3 rings (SSSR count). The van der Waals surface area contributed by atoms with Crippen molar-refractivity contribution in [3.8, 4) is 11.3 Å². The molecule has 88 valence electrons. The summed E-state index contributed by atoms with van der Waals surface area (Å²) in [5.41, 5.74) is 4.48. The van der Waals surface area contributed by atoms with E-state index in [0.29, 0.717) is 5.65 Å². The number of hydrogen-bond acceptors (Lipinski definition) is 4. The number of nitrogens with zero attached hydrogens (tertiary/aromatic N) is 4. The molecule has 0 unspecified atom stereocenters. The van der Waals surface area contributed by atoms with Crippen LogP contribution in [0.3, 0.4) is 0 Å². The molecule has 0 atom stereocenters. The Labute approximate surface area is 105 Å². The van der Waals surface area contributed by atoms with Crippen molar-refractivity contribution in [3.05, 3.63) is 48.5 Å². The van der Waals surface area contributed by atoms with Crippen molar-refractivity contribution in [1.82, 2.24) is 19.9 Å². The van der Waals surface area contributed by atoms with Crippen molar-refractivity contribution >= 4 is 11.2 Å². The zero-order valence-corrected chi connectivity index (χ0v) is 10.0. The van der Waals surface area contributed by atoms with Crippen LogP contribution in [0.15, 0.2) is 42.9 Å². The molecule has 3 aromatic heterocycles. The number of pyridine rings is 2. The van der Waals surface area contributed by atoms with E-state index in [9.17, 15) is 0 Å². The van der Waals surface area contributed by atoms with Gasteiger partial charge in [-0.1, -0.05) is 6.92 Å². The highest BCUT2D eigenvalue weighted by Gasteiger charge is 2.07. The monoisotopic (exact) mass is 236 g/mol. The van der Waals surface area contributed by atoms with Crippen LogP contribution in [-0.4, -0.2) is 19.9 Å². The fourth-order valence-electron chi connectivity index (χ4n) is 1.96. The van der Waals surface area contributed by atoms with Crippen molar-refractivity contribution in [2.45, 2.75) is 13.3 Å². The second-order valence-corrected chi connectivity index (χ2v) is 3.95. The van der Waals surface area contributed by atoms with E-state index in [1.54, 1.807) is 12.4 Å². The summed E-state index contributed by atoms with van der Waals surface area (Å²) < 4.78 is 0. The fourth-order valence-corrected chi connectivity index (χ4v) is 1.96. The molecule has 0 spiro atoms. The summed E-state index contributed by atoms with van der Waals surface area (Å²) in [5, 5.41) is 0. The summed E-state index contributed by atoms with van der Waals surface area (Å²) in [6.45, 7) is 2.09. The predicted molar refractivity (Wildman–Crippen MR) is 69.9 cm³/mol. The molecule has 0 bridgehead atoms. The lowest BCUT2D eigenvalue weighted by Crippen LogP contribution is -1.95. The Bertz CT molecular complexity index is 694. The van der Waals surface area contributed by atoms with Gasteiger partial charge < -0.3 is 0 Å². The highest BCUT2D eigenvalue weighted by Crippen LogP contribution is 2.21. The van der Waals surface area contributed by atoms with Crippen LogP contribution in [0.4, 0.5) is 0 Å². The van der Waals surface area contributed by atoms with Gasteiger partial charge in [0.25, 0.3) is 0 Å². The minimum absolute atomic E-state index is 0.668. The second kappa shape index (κ2) is 4.49. The SMILES string of the molecule is CCc1ncccc1-c1ccc2nccnc2n1. The van der Waals surface area contributed by atoms with Gasteiger partial charge in [-0.2, -0.15) is 0 Å². The third-order valence-corrected chi connectivity index (χ3v) is 2.83. The van der Waals surface area contributed by atoms with E-state index in [4.69, 9.17) is 0 Å². The molecule has 3 heterocycles. The third-order valence-electron chi connectivity index (χ3n) is 2.83. The van der Waals surface area contributed by atoms with Crippen molar-refractivity contribution in [3.63, 3.8) is 0 Å². The lowest BCUT2D eigenvalue weighted by molar-refractivity contribution is 1.03. The summed E-state index contributed by atoms with van der Waals surface area (Å²) >= 11 is 0. The largest absolute Gasteiger partial charge is 0.261 e. The third kappa shape index (κ3) is 1.82. The molecule has 0 N–H and O–H groups in total. The molecule has 0 radical (unpaired) electrons. The predicted octanol–water partition coefficient (Wildman–Crippen LogP) is 2.65. The van der Waals surface area contributed by atoms with Gasteiger partial charge in [-0.15, -0.1) is 0 Å². The van der Waals surface area contributed by atoms with Gasteiger partial charge >= 0.3 is 0 Å². The quantitative estimate of drug-likeness (QED) is 0.686. The number of aryl methyl sites for hydroxylation is 1. The molecule has 0 saturated heterocycles. The van der Waals surface area contributed by atoms with Crippen molar-refractivity contribution in [1.29, 1.82) is 0 Å². The summed E-state index contributed by atoms with van der Waals surface area (Å²) in [6, 6.07) is 7.87. The van der Waals surface area contributed by atoms with E-state index in [0.717, 1.165) is 28.9 Å². The smallest absolute Gasteiger partial charge is 0.178 e. The molecule has 0 amide bonds. The first-order valence-electron chi connectivity index (χ1n) is 5.90. The zero-order valence-electron chi connectivity index (χ0n) is 10.0. The second-order valence-electron chi connectivity index (χ2n) is 3.95. The minimum atomic E-state index is 0.668. The molecule has 4 heteroatoms. The molecule has 4 nitrogen and oxygen atoms in total. The number of rotatable bonds is 2. The summed E-state index contributed by atoms with van der Waals surface area (Å²) in [7, 11) is 0. The maximum atomic E-state index is 4.54. The van der Waals surface area contributed by atoms with Gasteiger partial charge in [0.2, 0.25) is 0 Å². The molecule has 0 aliphatic heterocycles. The first-order valence-corrected chi connectivity index (χ1v) is 5.90. The zero-order chi connectivity index (χ0) is 12.4. The Morgan fingerprint density at radius 3 is 2.72 bits per heavy atom. The van der Waals surface area contributed by atoms with Gasteiger partial charge in [0.15, 0.2) is 5.65 Å². The summed E-state index contributed by atoms with van der Waals surface area (Å²) in [6.07, 6.45) is 6.02. The van der Waals surface area contributed by atoms with Crippen LogP contribution in [0.25, 0.3) is 22.4 Å². The van der Waals surface area contributed by atoms with Crippen molar-refractivity contribution in [2.75, 3.05) is 0 Å². The fraction of sp³-hybridized carbons (Fsp3) is 0.143. The molecule has 0 fully saturated rings. The van der Waals surface area contributed by atoms with Gasteiger partial charge in [-0.3, -0.25) is 9.97 Å². The highest BCUT2D eigenvalue weighted by atomic mass is 14.9. The maximum absolute atomic E-state index is 4.54. The maximum Gasteiger partial charge on any atom is 0.178 e.